The van der Waals surface area contributed by atoms with Gasteiger partial charge in [0.25, 0.3) is 5.91 Å². The van der Waals surface area contributed by atoms with Gasteiger partial charge in [0.2, 0.25) is 0 Å². The molecule has 7 heteroatoms. The lowest BCUT2D eigenvalue weighted by atomic mass is 10.2. The van der Waals surface area contributed by atoms with Crippen molar-refractivity contribution < 1.29 is 9.21 Å². The second kappa shape index (κ2) is 8.31. The van der Waals surface area contributed by atoms with Gasteiger partial charge in [-0.05, 0) is 67.2 Å². The summed E-state index contributed by atoms with van der Waals surface area (Å²) in [6.07, 6.45) is 1.73. The highest BCUT2D eigenvalue weighted by atomic mass is 35.5. The van der Waals surface area contributed by atoms with Gasteiger partial charge in [-0.1, -0.05) is 41.1 Å². The van der Waals surface area contributed by atoms with Gasteiger partial charge in [0.15, 0.2) is 10.3 Å². The first-order chi connectivity index (χ1) is 13.5. The SMILES string of the molecule is Cc1ccc(Sc2ccc(/C=C3\SC(=Nc4ccc(Cl)cc4)NC3=O)o2)cc1. The van der Waals surface area contributed by atoms with Crippen LogP contribution in [-0.2, 0) is 4.79 Å². The van der Waals surface area contributed by atoms with Crippen LogP contribution in [-0.4, -0.2) is 11.1 Å². The van der Waals surface area contributed by atoms with E-state index in [4.69, 9.17) is 16.0 Å². The molecule has 0 radical (unpaired) electrons. The summed E-state index contributed by atoms with van der Waals surface area (Å²) in [7, 11) is 0. The Hall–Kier alpha value is -2.41. The second-order valence-electron chi connectivity index (χ2n) is 6.03. The number of amides is 1. The second-order valence-corrected chi connectivity index (χ2v) is 8.58. The molecule has 1 N–H and O–H groups in total. The molecular formula is C21H15ClN2O2S2. The van der Waals surface area contributed by atoms with Gasteiger partial charge in [0.1, 0.15) is 5.76 Å². The standard InChI is InChI=1S/C21H15ClN2O2S2/c1-13-2-9-17(10-3-13)27-19-11-8-16(26-19)12-18-20(25)24-21(28-18)23-15-6-4-14(22)5-7-15/h2-12H,1H3,(H,23,24,25)/b18-12-. The third-order valence-electron chi connectivity index (χ3n) is 3.82. The van der Waals surface area contributed by atoms with Crippen molar-refractivity contribution in [3.05, 3.63) is 81.9 Å². The molecule has 2 heterocycles. The number of aryl methyl sites for hydroxylation is 1. The van der Waals surface area contributed by atoms with Crippen molar-refractivity contribution in [3.63, 3.8) is 0 Å². The number of nitrogens with one attached hydrogen (secondary N) is 1. The zero-order valence-corrected chi connectivity index (χ0v) is 17.2. The lowest BCUT2D eigenvalue weighted by molar-refractivity contribution is -0.115. The van der Waals surface area contributed by atoms with Gasteiger partial charge in [-0.15, -0.1) is 0 Å². The molecule has 1 fully saturated rings. The van der Waals surface area contributed by atoms with Crippen molar-refractivity contribution in [2.24, 2.45) is 4.99 Å². The smallest absolute Gasteiger partial charge is 0.264 e. The number of hydrogen-bond donors (Lipinski definition) is 1. The first-order valence-electron chi connectivity index (χ1n) is 8.45. The summed E-state index contributed by atoms with van der Waals surface area (Å²) in [6.45, 7) is 2.06. The van der Waals surface area contributed by atoms with Gasteiger partial charge in [-0.3, -0.25) is 4.79 Å². The first-order valence-corrected chi connectivity index (χ1v) is 10.5. The lowest BCUT2D eigenvalue weighted by Gasteiger charge is -1.98. The Kier molecular flexibility index (Phi) is 5.62. The van der Waals surface area contributed by atoms with Gasteiger partial charge in [0, 0.05) is 16.0 Å². The van der Waals surface area contributed by atoms with Crippen LogP contribution in [0.3, 0.4) is 0 Å². The summed E-state index contributed by atoms with van der Waals surface area (Å²) in [5.41, 5.74) is 1.94. The summed E-state index contributed by atoms with van der Waals surface area (Å²) in [5, 5.41) is 4.71. The number of benzene rings is 2. The van der Waals surface area contributed by atoms with E-state index in [-0.39, 0.29) is 5.91 Å². The maximum atomic E-state index is 12.2. The van der Waals surface area contributed by atoms with Crippen LogP contribution < -0.4 is 5.32 Å². The van der Waals surface area contributed by atoms with Crippen LogP contribution in [0.15, 0.2) is 85.0 Å². The number of amidine groups is 1. The van der Waals surface area contributed by atoms with Gasteiger partial charge >= 0.3 is 0 Å². The number of carbonyl (C=O) groups is 1. The monoisotopic (exact) mass is 426 g/mol. The summed E-state index contributed by atoms with van der Waals surface area (Å²) < 4.78 is 5.83. The summed E-state index contributed by atoms with van der Waals surface area (Å²) in [4.78, 5) is 18.3. The Bertz CT molecular complexity index is 1070. The van der Waals surface area contributed by atoms with E-state index in [0.29, 0.717) is 20.9 Å². The highest BCUT2D eigenvalue weighted by molar-refractivity contribution is 8.18. The molecule has 4 rings (SSSR count). The van der Waals surface area contributed by atoms with Crippen molar-refractivity contribution in [2.45, 2.75) is 16.9 Å². The molecule has 0 spiro atoms. The average molecular weight is 427 g/mol. The molecule has 140 valence electrons. The van der Waals surface area contributed by atoms with Crippen LogP contribution in [0.5, 0.6) is 0 Å². The quantitative estimate of drug-likeness (QED) is 0.498. The highest BCUT2D eigenvalue weighted by Crippen LogP contribution is 2.32. The fraction of sp³-hybridized carbons (Fsp3) is 0.0476. The molecular weight excluding hydrogens is 412 g/mol. The van der Waals surface area contributed by atoms with E-state index in [9.17, 15) is 4.79 Å². The molecule has 2 aromatic carbocycles. The number of carbonyl (C=O) groups excluding carboxylic acids is 1. The minimum atomic E-state index is -0.193. The maximum Gasteiger partial charge on any atom is 0.264 e. The number of nitrogens with zero attached hydrogens (tertiary/aromatic N) is 1. The van der Waals surface area contributed by atoms with Crippen molar-refractivity contribution in [3.8, 4) is 0 Å². The molecule has 0 aliphatic carbocycles. The lowest BCUT2D eigenvalue weighted by Crippen LogP contribution is -2.19. The molecule has 0 atom stereocenters. The zero-order chi connectivity index (χ0) is 19.5. The van der Waals surface area contributed by atoms with Crippen LogP contribution >= 0.6 is 35.1 Å². The van der Waals surface area contributed by atoms with E-state index >= 15 is 0 Å². The normalized spacial score (nSPS) is 16.7. The van der Waals surface area contributed by atoms with Crippen LogP contribution in [0.25, 0.3) is 6.08 Å². The topological polar surface area (TPSA) is 54.6 Å². The average Bonchev–Trinajstić information content (AvgIpc) is 3.26. The summed E-state index contributed by atoms with van der Waals surface area (Å²) in [5.74, 6) is 0.432. The first kappa shape index (κ1) is 18.9. The van der Waals surface area contributed by atoms with Gasteiger partial charge in [0.05, 0.1) is 10.6 Å². The number of furan rings is 1. The summed E-state index contributed by atoms with van der Waals surface area (Å²) in [6, 6.07) is 19.1. The Morgan fingerprint density at radius 1 is 1.07 bits per heavy atom. The highest BCUT2D eigenvalue weighted by Gasteiger charge is 2.24. The maximum absolute atomic E-state index is 12.2. The molecule has 3 aromatic rings. The third-order valence-corrected chi connectivity index (χ3v) is 5.91. The van der Waals surface area contributed by atoms with E-state index in [1.165, 1.54) is 17.3 Å². The van der Waals surface area contributed by atoms with Gasteiger partial charge < -0.3 is 9.73 Å². The van der Waals surface area contributed by atoms with Crippen LogP contribution in [0.2, 0.25) is 5.02 Å². The Morgan fingerprint density at radius 2 is 1.82 bits per heavy atom. The molecule has 1 aromatic heterocycles. The van der Waals surface area contributed by atoms with Gasteiger partial charge in [-0.2, -0.15) is 0 Å². The zero-order valence-electron chi connectivity index (χ0n) is 14.8. The van der Waals surface area contributed by atoms with E-state index in [1.54, 1.807) is 42.1 Å². The molecule has 28 heavy (non-hydrogen) atoms. The predicted octanol–water partition coefficient (Wildman–Crippen LogP) is 6.28. The molecule has 1 aliphatic heterocycles. The van der Waals surface area contributed by atoms with E-state index in [2.05, 4.69) is 41.5 Å². The van der Waals surface area contributed by atoms with E-state index in [0.717, 1.165) is 15.7 Å². The van der Waals surface area contributed by atoms with Crippen LogP contribution in [0.4, 0.5) is 5.69 Å². The number of aliphatic imine (C=N–C) groups is 1. The van der Waals surface area contributed by atoms with Crippen molar-refractivity contribution >= 4 is 58.0 Å². The van der Waals surface area contributed by atoms with E-state index in [1.807, 2.05) is 12.1 Å². The number of rotatable bonds is 4. The molecule has 0 bridgehead atoms. The Labute approximate surface area is 176 Å². The fourth-order valence-corrected chi connectivity index (χ4v) is 4.16. The Balaban J connectivity index is 1.47. The molecule has 4 nitrogen and oxygen atoms in total. The van der Waals surface area contributed by atoms with Crippen LogP contribution in [0.1, 0.15) is 11.3 Å². The molecule has 1 saturated heterocycles. The molecule has 1 aliphatic rings. The van der Waals surface area contributed by atoms with E-state index < -0.39 is 0 Å². The van der Waals surface area contributed by atoms with Crippen LogP contribution in [0, 0.1) is 6.92 Å². The predicted molar refractivity (Wildman–Crippen MR) is 116 cm³/mol. The number of hydrogen-bond acceptors (Lipinski definition) is 5. The fourth-order valence-electron chi connectivity index (χ4n) is 2.43. The molecule has 0 unspecified atom stereocenters. The molecule has 1 amide bonds. The Morgan fingerprint density at radius 3 is 2.57 bits per heavy atom. The van der Waals surface area contributed by atoms with Crippen molar-refractivity contribution in [2.75, 3.05) is 0 Å². The van der Waals surface area contributed by atoms with Crippen molar-refractivity contribution in [1.82, 2.24) is 5.32 Å². The minimum absolute atomic E-state index is 0.193. The third kappa shape index (κ3) is 4.70. The largest absolute Gasteiger partial charge is 0.450 e. The summed E-state index contributed by atoms with van der Waals surface area (Å²) >= 11 is 8.70. The number of halogens is 1. The van der Waals surface area contributed by atoms with Crippen molar-refractivity contribution in [1.29, 1.82) is 0 Å². The molecule has 0 saturated carbocycles. The minimum Gasteiger partial charge on any atom is -0.450 e. The van der Waals surface area contributed by atoms with Gasteiger partial charge in [-0.25, -0.2) is 4.99 Å². The number of thioether (sulfide) groups is 1.